The number of hydrogen-bond donors (Lipinski definition) is 2. The first-order valence-electron chi connectivity index (χ1n) is 8.05. The molecule has 1 unspecified atom stereocenters. The molecule has 2 N–H and O–H groups in total. The van der Waals surface area contributed by atoms with E-state index in [0.29, 0.717) is 12.0 Å². The van der Waals surface area contributed by atoms with Gasteiger partial charge in [-0.15, -0.1) is 0 Å². The number of hydrogen-bond acceptors (Lipinski definition) is 2. The third kappa shape index (κ3) is 3.29. The van der Waals surface area contributed by atoms with E-state index < -0.39 is 5.41 Å². The number of anilines is 1. The van der Waals surface area contributed by atoms with Crippen LogP contribution in [0.25, 0.3) is 0 Å². The summed E-state index contributed by atoms with van der Waals surface area (Å²) in [5.41, 5.74) is 2.95. The van der Waals surface area contributed by atoms with Crippen LogP contribution in [0.4, 0.5) is 5.69 Å². The third-order valence-electron chi connectivity index (χ3n) is 4.42. The van der Waals surface area contributed by atoms with Crippen LogP contribution in [0.3, 0.4) is 0 Å². The van der Waals surface area contributed by atoms with E-state index in [1.54, 1.807) is 0 Å². The summed E-state index contributed by atoms with van der Waals surface area (Å²) >= 11 is 0. The Hall–Kier alpha value is -1.35. The first kappa shape index (κ1) is 16.0. The lowest BCUT2D eigenvalue weighted by Crippen LogP contribution is -2.27. The fraction of sp³-hybridized carbons (Fsp3) is 0.611. The number of benzene rings is 1. The Bertz CT molecular complexity index is 520. The molecule has 21 heavy (non-hydrogen) atoms. The van der Waals surface area contributed by atoms with Crippen LogP contribution in [0.2, 0.25) is 0 Å². The lowest BCUT2D eigenvalue weighted by molar-refractivity contribution is -0.119. The first-order valence-corrected chi connectivity index (χ1v) is 8.05. The van der Waals surface area contributed by atoms with E-state index in [1.807, 2.05) is 13.8 Å². The van der Waals surface area contributed by atoms with Gasteiger partial charge < -0.3 is 10.6 Å². The van der Waals surface area contributed by atoms with Gasteiger partial charge in [-0.2, -0.15) is 0 Å². The molecule has 1 aromatic carbocycles. The van der Waals surface area contributed by atoms with E-state index in [9.17, 15) is 4.79 Å². The minimum atomic E-state index is -0.430. The largest absolute Gasteiger partial charge is 0.325 e. The van der Waals surface area contributed by atoms with Gasteiger partial charge in [0.2, 0.25) is 5.91 Å². The number of carbonyl (C=O) groups is 1. The summed E-state index contributed by atoms with van der Waals surface area (Å²) in [5, 5.41) is 6.56. The SMILES string of the molecule is CCNC(CCC(C)C)c1ccc2c(c1)C(C)(C)C(=O)N2. The molecule has 0 spiro atoms. The molecule has 1 aromatic rings. The molecule has 0 saturated heterocycles. The van der Waals surface area contributed by atoms with Gasteiger partial charge in [0.1, 0.15) is 0 Å². The Balaban J connectivity index is 2.27. The summed E-state index contributed by atoms with van der Waals surface area (Å²) in [4.78, 5) is 12.0. The molecule has 0 fully saturated rings. The Labute approximate surface area is 128 Å². The topological polar surface area (TPSA) is 41.1 Å². The highest BCUT2D eigenvalue weighted by Gasteiger charge is 2.38. The minimum absolute atomic E-state index is 0.0943. The zero-order chi connectivity index (χ0) is 15.6. The number of amides is 1. The molecule has 3 nitrogen and oxygen atoms in total. The third-order valence-corrected chi connectivity index (χ3v) is 4.42. The van der Waals surface area contributed by atoms with Gasteiger partial charge in [-0.25, -0.2) is 0 Å². The van der Waals surface area contributed by atoms with Crippen LogP contribution in [0.5, 0.6) is 0 Å². The molecule has 0 bridgehead atoms. The number of rotatable bonds is 6. The molecule has 0 aliphatic carbocycles. The maximum absolute atomic E-state index is 12.0. The summed E-state index contributed by atoms with van der Waals surface area (Å²) in [6.07, 6.45) is 2.33. The summed E-state index contributed by atoms with van der Waals surface area (Å²) in [6, 6.07) is 6.78. The van der Waals surface area contributed by atoms with Gasteiger partial charge in [0.25, 0.3) is 0 Å². The highest BCUT2D eigenvalue weighted by atomic mass is 16.2. The fourth-order valence-corrected chi connectivity index (χ4v) is 2.94. The smallest absolute Gasteiger partial charge is 0.234 e. The van der Waals surface area contributed by atoms with Crippen molar-refractivity contribution < 1.29 is 4.79 Å². The normalized spacial score (nSPS) is 17.7. The second kappa shape index (κ2) is 6.18. The van der Waals surface area contributed by atoms with Crippen LogP contribution in [0.1, 0.15) is 64.6 Å². The average Bonchev–Trinajstić information content (AvgIpc) is 2.65. The van der Waals surface area contributed by atoms with Crippen molar-refractivity contribution in [1.29, 1.82) is 0 Å². The Morgan fingerprint density at radius 3 is 2.57 bits per heavy atom. The molecule has 1 aliphatic heterocycles. The first-order chi connectivity index (χ1) is 9.86. The molecular formula is C18H28N2O. The summed E-state index contributed by atoms with van der Waals surface area (Å²) in [7, 11) is 0. The monoisotopic (exact) mass is 288 g/mol. The van der Waals surface area contributed by atoms with E-state index in [-0.39, 0.29) is 5.91 Å². The molecule has 116 valence electrons. The van der Waals surface area contributed by atoms with Crippen LogP contribution >= 0.6 is 0 Å². The molecule has 0 radical (unpaired) electrons. The van der Waals surface area contributed by atoms with Gasteiger partial charge in [0.05, 0.1) is 5.41 Å². The van der Waals surface area contributed by atoms with E-state index in [0.717, 1.165) is 24.2 Å². The average molecular weight is 288 g/mol. The second-order valence-electron chi connectivity index (χ2n) is 6.97. The number of carbonyl (C=O) groups excluding carboxylic acids is 1. The molecule has 1 atom stereocenters. The van der Waals surface area contributed by atoms with Gasteiger partial charge in [-0.1, -0.05) is 32.9 Å². The molecule has 0 aromatic heterocycles. The zero-order valence-electron chi connectivity index (χ0n) is 13.9. The molecular weight excluding hydrogens is 260 g/mol. The van der Waals surface area contributed by atoms with E-state index in [2.05, 4.69) is 49.6 Å². The van der Waals surface area contributed by atoms with Crippen molar-refractivity contribution in [3.63, 3.8) is 0 Å². The van der Waals surface area contributed by atoms with Crippen molar-refractivity contribution in [2.75, 3.05) is 11.9 Å². The Morgan fingerprint density at radius 2 is 1.95 bits per heavy atom. The van der Waals surface area contributed by atoms with Crippen molar-refractivity contribution in [2.45, 2.75) is 58.9 Å². The van der Waals surface area contributed by atoms with Gasteiger partial charge in [0, 0.05) is 11.7 Å². The summed E-state index contributed by atoms with van der Waals surface area (Å²) in [5.74, 6) is 0.803. The molecule has 0 saturated carbocycles. The zero-order valence-corrected chi connectivity index (χ0v) is 13.9. The maximum Gasteiger partial charge on any atom is 0.234 e. The van der Waals surface area contributed by atoms with Crippen LogP contribution in [-0.2, 0) is 10.2 Å². The Kier molecular flexibility index (Phi) is 4.72. The lowest BCUT2D eigenvalue weighted by Gasteiger charge is -2.22. The molecule has 1 aliphatic rings. The van der Waals surface area contributed by atoms with Crippen LogP contribution < -0.4 is 10.6 Å². The number of nitrogens with one attached hydrogen (secondary N) is 2. The standard InChI is InChI=1S/C18H28N2O/c1-6-19-15(9-7-12(2)3)13-8-10-16-14(11-13)18(4,5)17(21)20-16/h8,10-12,15,19H,6-7,9H2,1-5H3,(H,20,21). The highest BCUT2D eigenvalue weighted by Crippen LogP contribution is 2.39. The minimum Gasteiger partial charge on any atom is -0.325 e. The Morgan fingerprint density at radius 1 is 1.24 bits per heavy atom. The van der Waals surface area contributed by atoms with E-state index in [1.165, 1.54) is 12.0 Å². The summed E-state index contributed by atoms with van der Waals surface area (Å²) < 4.78 is 0. The van der Waals surface area contributed by atoms with Crippen LogP contribution in [0.15, 0.2) is 18.2 Å². The molecule has 2 rings (SSSR count). The van der Waals surface area contributed by atoms with E-state index in [4.69, 9.17) is 0 Å². The van der Waals surface area contributed by atoms with Crippen molar-refractivity contribution in [3.8, 4) is 0 Å². The molecule has 1 amide bonds. The van der Waals surface area contributed by atoms with Crippen molar-refractivity contribution in [3.05, 3.63) is 29.3 Å². The van der Waals surface area contributed by atoms with Gasteiger partial charge in [-0.05, 0) is 56.3 Å². The maximum atomic E-state index is 12.0. The summed E-state index contributed by atoms with van der Waals surface area (Å²) in [6.45, 7) is 11.6. The van der Waals surface area contributed by atoms with Crippen LogP contribution in [0, 0.1) is 5.92 Å². The number of fused-ring (bicyclic) bond motifs is 1. The van der Waals surface area contributed by atoms with Gasteiger partial charge in [0.15, 0.2) is 0 Å². The predicted octanol–water partition coefficient (Wildman–Crippen LogP) is 4.00. The van der Waals surface area contributed by atoms with Gasteiger partial charge >= 0.3 is 0 Å². The predicted molar refractivity (Wildman–Crippen MR) is 88.6 cm³/mol. The van der Waals surface area contributed by atoms with Gasteiger partial charge in [-0.3, -0.25) is 4.79 Å². The second-order valence-corrected chi connectivity index (χ2v) is 6.97. The molecule has 1 heterocycles. The van der Waals surface area contributed by atoms with Crippen molar-refractivity contribution in [1.82, 2.24) is 5.32 Å². The van der Waals surface area contributed by atoms with Crippen molar-refractivity contribution >= 4 is 11.6 Å². The fourth-order valence-electron chi connectivity index (χ4n) is 2.94. The highest BCUT2D eigenvalue weighted by molar-refractivity contribution is 6.05. The van der Waals surface area contributed by atoms with Crippen LogP contribution in [-0.4, -0.2) is 12.5 Å². The van der Waals surface area contributed by atoms with Crippen molar-refractivity contribution in [2.24, 2.45) is 5.92 Å². The van der Waals surface area contributed by atoms with E-state index >= 15 is 0 Å². The molecule has 3 heteroatoms. The lowest BCUT2D eigenvalue weighted by atomic mass is 9.84. The quantitative estimate of drug-likeness (QED) is 0.830.